The Labute approximate surface area is 115 Å². The monoisotopic (exact) mass is 257 g/mol. The van der Waals surface area contributed by atoms with Gasteiger partial charge in [0.05, 0.1) is 6.07 Å². The normalized spacial score (nSPS) is 21.9. The van der Waals surface area contributed by atoms with Gasteiger partial charge in [-0.15, -0.1) is 0 Å². The smallest absolute Gasteiger partial charge is 0.0628 e. The maximum Gasteiger partial charge on any atom is 0.0628 e. The van der Waals surface area contributed by atoms with Gasteiger partial charge in [-0.1, -0.05) is 6.92 Å². The molecule has 2 aliphatic rings. The van der Waals surface area contributed by atoms with Crippen LogP contribution in [-0.2, 0) is 6.54 Å². The lowest BCUT2D eigenvalue weighted by atomic mass is 10.0. The van der Waals surface area contributed by atoms with E-state index in [1.165, 1.54) is 31.2 Å². The van der Waals surface area contributed by atoms with Crippen LogP contribution in [-0.4, -0.2) is 11.1 Å². The van der Waals surface area contributed by atoms with E-state index in [0.717, 1.165) is 19.0 Å². The zero-order valence-corrected chi connectivity index (χ0v) is 11.7. The van der Waals surface area contributed by atoms with Crippen LogP contribution in [0.4, 0.5) is 0 Å². The summed E-state index contributed by atoms with van der Waals surface area (Å²) < 4.78 is 2.30. The van der Waals surface area contributed by atoms with E-state index < -0.39 is 0 Å². The molecule has 1 atom stereocenters. The van der Waals surface area contributed by atoms with Crippen LogP contribution < -0.4 is 5.32 Å². The number of rotatable bonds is 7. The Morgan fingerprint density at radius 3 is 2.89 bits per heavy atom. The Balaban J connectivity index is 1.67. The summed E-state index contributed by atoms with van der Waals surface area (Å²) in [5, 5.41) is 12.5. The van der Waals surface area contributed by atoms with E-state index >= 15 is 0 Å². The van der Waals surface area contributed by atoms with Gasteiger partial charge in [0.1, 0.15) is 0 Å². The van der Waals surface area contributed by atoms with Crippen molar-refractivity contribution in [1.82, 2.24) is 9.88 Å². The zero-order chi connectivity index (χ0) is 13.3. The van der Waals surface area contributed by atoms with Crippen molar-refractivity contribution < 1.29 is 0 Å². The number of aromatic nitrogens is 1. The van der Waals surface area contributed by atoms with Crippen molar-refractivity contribution in [2.75, 3.05) is 6.54 Å². The second-order valence-corrected chi connectivity index (χ2v) is 6.32. The minimum Gasteiger partial charge on any atom is -0.353 e. The minimum absolute atomic E-state index is 0.290. The summed E-state index contributed by atoms with van der Waals surface area (Å²) in [6, 6.07) is 5.14. The summed E-state index contributed by atoms with van der Waals surface area (Å²) >= 11 is 0. The van der Waals surface area contributed by atoms with E-state index in [0.29, 0.717) is 12.5 Å². The summed E-state index contributed by atoms with van der Waals surface area (Å²) in [7, 11) is 0. The first-order valence-corrected chi connectivity index (χ1v) is 7.52. The van der Waals surface area contributed by atoms with Gasteiger partial charge < -0.3 is 9.88 Å². The van der Waals surface area contributed by atoms with Crippen molar-refractivity contribution in [1.29, 1.82) is 5.26 Å². The molecule has 0 amide bonds. The molecule has 2 saturated carbocycles. The van der Waals surface area contributed by atoms with Gasteiger partial charge in [-0.2, -0.15) is 5.26 Å². The summed E-state index contributed by atoms with van der Waals surface area (Å²) in [5.74, 6) is 0.838. The second-order valence-electron chi connectivity index (χ2n) is 6.32. The van der Waals surface area contributed by atoms with E-state index in [-0.39, 0.29) is 5.41 Å². The quantitative estimate of drug-likeness (QED) is 0.814. The first kappa shape index (κ1) is 12.7. The molecule has 1 aromatic heterocycles. The highest BCUT2D eigenvalue weighted by Gasteiger charge is 2.42. The third-order valence-corrected chi connectivity index (χ3v) is 4.58. The fourth-order valence-electron chi connectivity index (χ4n) is 3.07. The van der Waals surface area contributed by atoms with Gasteiger partial charge in [0.25, 0.3) is 0 Å². The van der Waals surface area contributed by atoms with E-state index in [2.05, 4.69) is 41.3 Å². The van der Waals surface area contributed by atoms with E-state index in [4.69, 9.17) is 5.26 Å². The van der Waals surface area contributed by atoms with E-state index in [1.807, 2.05) is 0 Å². The molecule has 3 rings (SSSR count). The highest BCUT2D eigenvalue weighted by atomic mass is 15.0. The molecule has 3 nitrogen and oxygen atoms in total. The Hall–Kier alpha value is -1.27. The number of hydrogen-bond acceptors (Lipinski definition) is 2. The number of nitriles is 1. The van der Waals surface area contributed by atoms with Crippen LogP contribution in [0.5, 0.6) is 0 Å². The molecule has 0 radical (unpaired) electrons. The van der Waals surface area contributed by atoms with Gasteiger partial charge >= 0.3 is 0 Å². The van der Waals surface area contributed by atoms with Crippen molar-refractivity contribution in [3.63, 3.8) is 0 Å². The van der Waals surface area contributed by atoms with Crippen LogP contribution in [0.2, 0.25) is 0 Å². The maximum absolute atomic E-state index is 8.90. The average molecular weight is 257 g/mol. The molecule has 102 valence electrons. The molecule has 1 unspecified atom stereocenters. The average Bonchev–Trinajstić information content (AvgIpc) is 3.29. The Morgan fingerprint density at radius 1 is 1.53 bits per heavy atom. The third-order valence-electron chi connectivity index (χ3n) is 4.58. The Bertz CT molecular complexity index is 474. The summed E-state index contributed by atoms with van der Waals surface area (Å²) in [4.78, 5) is 0. The molecule has 0 saturated heterocycles. The SMILES string of the molecule is CCNC(c1ccn(CC2(CC#N)CC2)c1)C1CC1. The van der Waals surface area contributed by atoms with Crippen LogP contribution in [0.3, 0.4) is 0 Å². The van der Waals surface area contributed by atoms with Crippen LogP contribution in [0.15, 0.2) is 18.5 Å². The lowest BCUT2D eigenvalue weighted by Gasteiger charge is -2.16. The number of nitrogens with one attached hydrogen (secondary N) is 1. The molecule has 1 heterocycles. The van der Waals surface area contributed by atoms with Gasteiger partial charge in [-0.05, 0) is 49.8 Å². The van der Waals surface area contributed by atoms with E-state index in [1.54, 1.807) is 0 Å². The molecule has 0 bridgehead atoms. The van der Waals surface area contributed by atoms with Gasteiger partial charge in [-0.3, -0.25) is 0 Å². The van der Waals surface area contributed by atoms with Crippen molar-refractivity contribution in [3.8, 4) is 6.07 Å². The molecule has 19 heavy (non-hydrogen) atoms. The molecule has 2 aliphatic carbocycles. The largest absolute Gasteiger partial charge is 0.353 e. The van der Waals surface area contributed by atoms with Gasteiger partial charge in [0, 0.05) is 36.8 Å². The molecule has 1 N–H and O–H groups in total. The standard InChI is InChI=1S/C16H23N3/c1-2-18-15(13-3-4-13)14-5-10-19(11-14)12-16(6-7-16)8-9-17/h5,10-11,13,15,18H,2-4,6-8,12H2,1H3. The summed E-state index contributed by atoms with van der Waals surface area (Å²) in [6.45, 7) is 4.23. The molecule has 0 aliphatic heterocycles. The molecule has 2 fully saturated rings. The lowest BCUT2D eigenvalue weighted by molar-refractivity contribution is 0.430. The Kier molecular flexibility index (Phi) is 3.36. The zero-order valence-electron chi connectivity index (χ0n) is 11.7. The third kappa shape index (κ3) is 2.84. The van der Waals surface area contributed by atoms with Gasteiger partial charge in [0.15, 0.2) is 0 Å². The summed E-state index contributed by atoms with van der Waals surface area (Å²) in [5.41, 5.74) is 1.72. The van der Waals surface area contributed by atoms with Gasteiger partial charge in [0.2, 0.25) is 0 Å². The molecular weight excluding hydrogens is 234 g/mol. The van der Waals surface area contributed by atoms with Crippen LogP contribution in [0, 0.1) is 22.7 Å². The summed E-state index contributed by atoms with van der Waals surface area (Å²) in [6.07, 6.45) is 10.4. The van der Waals surface area contributed by atoms with Crippen molar-refractivity contribution in [2.24, 2.45) is 11.3 Å². The lowest BCUT2D eigenvalue weighted by Crippen LogP contribution is -2.22. The predicted octanol–water partition coefficient (Wildman–Crippen LogP) is 3.24. The first-order valence-electron chi connectivity index (χ1n) is 7.52. The van der Waals surface area contributed by atoms with Crippen molar-refractivity contribution in [2.45, 2.75) is 51.6 Å². The second kappa shape index (κ2) is 5.02. The van der Waals surface area contributed by atoms with Crippen molar-refractivity contribution in [3.05, 3.63) is 24.0 Å². The van der Waals surface area contributed by atoms with Crippen LogP contribution in [0.25, 0.3) is 0 Å². The molecule has 0 aromatic carbocycles. The van der Waals surface area contributed by atoms with E-state index in [9.17, 15) is 0 Å². The molecule has 0 spiro atoms. The fourth-order valence-corrected chi connectivity index (χ4v) is 3.07. The number of nitrogens with zero attached hydrogens (tertiary/aromatic N) is 2. The highest BCUT2D eigenvalue weighted by Crippen LogP contribution is 2.50. The highest BCUT2D eigenvalue weighted by molar-refractivity contribution is 5.19. The Morgan fingerprint density at radius 2 is 2.32 bits per heavy atom. The van der Waals surface area contributed by atoms with Gasteiger partial charge in [-0.25, -0.2) is 0 Å². The van der Waals surface area contributed by atoms with Crippen molar-refractivity contribution >= 4 is 0 Å². The first-order chi connectivity index (χ1) is 9.26. The topological polar surface area (TPSA) is 40.8 Å². The minimum atomic E-state index is 0.290. The molecule has 1 aromatic rings. The van der Waals surface area contributed by atoms with Crippen LogP contribution >= 0.6 is 0 Å². The van der Waals surface area contributed by atoms with Crippen LogP contribution in [0.1, 0.15) is 50.6 Å². The molecular formula is C16H23N3. The fraction of sp³-hybridized carbons (Fsp3) is 0.688. The number of hydrogen-bond donors (Lipinski definition) is 1. The predicted molar refractivity (Wildman–Crippen MR) is 75.5 cm³/mol. The maximum atomic E-state index is 8.90. The molecule has 3 heteroatoms.